The smallest absolute Gasteiger partial charge is 0.251 e. The van der Waals surface area contributed by atoms with Gasteiger partial charge in [0.15, 0.2) is 0 Å². The summed E-state index contributed by atoms with van der Waals surface area (Å²) in [5.74, 6) is 0.531. The van der Waals surface area contributed by atoms with Crippen LogP contribution in [0.2, 0.25) is 0 Å². The van der Waals surface area contributed by atoms with Gasteiger partial charge in [-0.3, -0.25) is 9.48 Å². The van der Waals surface area contributed by atoms with Crippen molar-refractivity contribution >= 4 is 5.91 Å². The van der Waals surface area contributed by atoms with Crippen LogP contribution in [0.25, 0.3) is 0 Å². The predicted molar refractivity (Wildman–Crippen MR) is 100 cm³/mol. The molecule has 2 N–H and O–H groups in total. The monoisotopic (exact) mass is 340 g/mol. The Morgan fingerprint density at radius 1 is 1.40 bits per heavy atom. The van der Waals surface area contributed by atoms with Gasteiger partial charge < -0.3 is 10.6 Å². The minimum atomic E-state index is 0.00555. The largest absolute Gasteiger partial charge is 0.352 e. The first-order valence-electron chi connectivity index (χ1n) is 9.22. The summed E-state index contributed by atoms with van der Waals surface area (Å²) in [5.41, 5.74) is 5.51. The molecule has 0 bridgehead atoms. The molecule has 2 aromatic rings. The van der Waals surface area contributed by atoms with Gasteiger partial charge in [-0.2, -0.15) is 5.10 Å². The van der Waals surface area contributed by atoms with Gasteiger partial charge in [0.05, 0.1) is 5.69 Å². The minimum absolute atomic E-state index is 0.00555. The molecule has 0 aliphatic carbocycles. The number of rotatable bonds is 6. The van der Waals surface area contributed by atoms with Gasteiger partial charge in [0.1, 0.15) is 0 Å². The average molecular weight is 340 g/mol. The lowest BCUT2D eigenvalue weighted by Crippen LogP contribution is -2.26. The van der Waals surface area contributed by atoms with E-state index in [1.165, 1.54) is 16.8 Å². The Morgan fingerprint density at radius 3 is 2.92 bits per heavy atom. The summed E-state index contributed by atoms with van der Waals surface area (Å²) in [6.45, 7) is 9.80. The maximum absolute atomic E-state index is 12.5. The number of aromatic nitrogens is 2. The predicted octanol–water partition coefficient (Wildman–Crippen LogP) is 2.57. The lowest BCUT2D eigenvalue weighted by atomic mass is 9.96. The van der Waals surface area contributed by atoms with Gasteiger partial charge >= 0.3 is 0 Å². The molecule has 0 spiro atoms. The van der Waals surface area contributed by atoms with Gasteiger partial charge in [0.2, 0.25) is 0 Å². The second kappa shape index (κ2) is 7.83. The second-order valence-electron chi connectivity index (χ2n) is 6.79. The van der Waals surface area contributed by atoms with Crippen LogP contribution >= 0.6 is 0 Å². The Labute approximate surface area is 149 Å². The fraction of sp³-hybridized carbons (Fsp3) is 0.500. The van der Waals surface area contributed by atoms with Crippen LogP contribution in [0.15, 0.2) is 24.3 Å². The molecule has 25 heavy (non-hydrogen) atoms. The molecular weight excluding hydrogens is 312 g/mol. The summed E-state index contributed by atoms with van der Waals surface area (Å²) in [5, 5.41) is 11.0. The number of aryl methyl sites for hydroxylation is 2. The molecule has 1 amide bonds. The molecule has 1 aliphatic rings. The maximum Gasteiger partial charge on any atom is 0.251 e. The average Bonchev–Trinajstić information content (AvgIpc) is 3.25. The van der Waals surface area contributed by atoms with Crippen molar-refractivity contribution in [3.8, 4) is 0 Å². The first-order chi connectivity index (χ1) is 12.1. The summed E-state index contributed by atoms with van der Waals surface area (Å²) < 4.78 is 2.02. The topological polar surface area (TPSA) is 59.0 Å². The quantitative estimate of drug-likeness (QED) is 0.850. The Bertz CT molecular complexity index is 744. The fourth-order valence-electron chi connectivity index (χ4n) is 3.68. The third-order valence-electron chi connectivity index (χ3n) is 5.17. The van der Waals surface area contributed by atoms with Gasteiger partial charge in [-0.1, -0.05) is 12.1 Å². The molecule has 3 rings (SSSR count). The highest BCUT2D eigenvalue weighted by atomic mass is 16.1. The van der Waals surface area contributed by atoms with Crippen LogP contribution in [-0.4, -0.2) is 35.3 Å². The molecule has 1 aromatic heterocycles. The van der Waals surface area contributed by atoms with E-state index in [1.54, 1.807) is 0 Å². The van der Waals surface area contributed by atoms with E-state index >= 15 is 0 Å². The van der Waals surface area contributed by atoms with E-state index < -0.39 is 0 Å². The van der Waals surface area contributed by atoms with Crippen LogP contribution < -0.4 is 10.6 Å². The van der Waals surface area contributed by atoms with Crippen LogP contribution in [0.4, 0.5) is 0 Å². The summed E-state index contributed by atoms with van der Waals surface area (Å²) in [6, 6.07) is 8.05. The molecule has 134 valence electrons. The number of nitrogens with zero attached hydrogens (tertiary/aromatic N) is 2. The maximum atomic E-state index is 12.5. The molecule has 2 heterocycles. The molecule has 1 atom stereocenters. The SMILES string of the molecule is CCn1nc(C)c(CCNC(=O)c2cccc([C@@H]3CCNC3)c2)c1C. The van der Waals surface area contributed by atoms with Crippen LogP contribution in [-0.2, 0) is 13.0 Å². The molecule has 1 aromatic carbocycles. The number of hydrogen-bond acceptors (Lipinski definition) is 3. The first kappa shape index (κ1) is 17.7. The van der Waals surface area contributed by atoms with Crippen molar-refractivity contribution in [2.75, 3.05) is 19.6 Å². The van der Waals surface area contributed by atoms with E-state index in [1.807, 2.05) is 29.8 Å². The number of hydrogen-bond donors (Lipinski definition) is 2. The van der Waals surface area contributed by atoms with Crippen molar-refractivity contribution in [1.29, 1.82) is 0 Å². The van der Waals surface area contributed by atoms with E-state index in [4.69, 9.17) is 0 Å². The molecule has 0 radical (unpaired) electrons. The highest BCUT2D eigenvalue weighted by Crippen LogP contribution is 2.23. The third kappa shape index (κ3) is 3.93. The lowest BCUT2D eigenvalue weighted by molar-refractivity contribution is 0.0954. The van der Waals surface area contributed by atoms with Crippen molar-refractivity contribution < 1.29 is 4.79 Å². The van der Waals surface area contributed by atoms with Crippen molar-refractivity contribution in [3.63, 3.8) is 0 Å². The highest BCUT2D eigenvalue weighted by molar-refractivity contribution is 5.94. The Morgan fingerprint density at radius 2 is 2.24 bits per heavy atom. The molecule has 5 nitrogen and oxygen atoms in total. The summed E-state index contributed by atoms with van der Waals surface area (Å²) in [4.78, 5) is 12.5. The number of carbonyl (C=O) groups is 1. The zero-order valence-corrected chi connectivity index (χ0v) is 15.4. The molecule has 1 saturated heterocycles. The molecular formula is C20H28N4O. The number of amides is 1. The van der Waals surface area contributed by atoms with Crippen LogP contribution in [0.5, 0.6) is 0 Å². The van der Waals surface area contributed by atoms with Gasteiger partial charge in [-0.15, -0.1) is 0 Å². The van der Waals surface area contributed by atoms with E-state index in [0.29, 0.717) is 12.5 Å². The van der Waals surface area contributed by atoms with Gasteiger partial charge in [0, 0.05) is 30.9 Å². The Kier molecular flexibility index (Phi) is 5.53. The Balaban J connectivity index is 1.59. The minimum Gasteiger partial charge on any atom is -0.352 e. The number of carbonyl (C=O) groups excluding carboxylic acids is 1. The fourth-order valence-corrected chi connectivity index (χ4v) is 3.68. The van der Waals surface area contributed by atoms with E-state index in [2.05, 4.69) is 35.6 Å². The van der Waals surface area contributed by atoms with Crippen molar-refractivity contribution in [1.82, 2.24) is 20.4 Å². The molecule has 1 fully saturated rings. The van der Waals surface area contributed by atoms with Crippen molar-refractivity contribution in [2.45, 2.75) is 46.1 Å². The van der Waals surface area contributed by atoms with Crippen LogP contribution in [0.3, 0.4) is 0 Å². The number of nitrogens with one attached hydrogen (secondary N) is 2. The first-order valence-corrected chi connectivity index (χ1v) is 9.22. The van der Waals surface area contributed by atoms with Gasteiger partial charge in [-0.25, -0.2) is 0 Å². The summed E-state index contributed by atoms with van der Waals surface area (Å²) >= 11 is 0. The van der Waals surface area contributed by atoms with Gasteiger partial charge in [-0.05, 0) is 69.3 Å². The van der Waals surface area contributed by atoms with E-state index in [0.717, 1.165) is 43.7 Å². The van der Waals surface area contributed by atoms with Crippen molar-refractivity contribution in [3.05, 3.63) is 52.3 Å². The lowest BCUT2D eigenvalue weighted by Gasteiger charge is -2.11. The summed E-state index contributed by atoms with van der Waals surface area (Å²) in [7, 11) is 0. The van der Waals surface area contributed by atoms with E-state index in [-0.39, 0.29) is 5.91 Å². The molecule has 0 saturated carbocycles. The molecule has 1 aliphatic heterocycles. The van der Waals surface area contributed by atoms with Gasteiger partial charge in [0.25, 0.3) is 5.91 Å². The zero-order chi connectivity index (χ0) is 17.8. The Hall–Kier alpha value is -2.14. The third-order valence-corrected chi connectivity index (χ3v) is 5.17. The molecule has 0 unspecified atom stereocenters. The highest BCUT2D eigenvalue weighted by Gasteiger charge is 2.18. The standard InChI is InChI=1S/C20H28N4O/c1-4-24-15(3)19(14(2)23-24)9-11-22-20(25)17-7-5-6-16(12-17)18-8-10-21-13-18/h5-7,12,18,21H,4,8-11,13H2,1-3H3,(H,22,25)/t18-/m1/s1. The second-order valence-corrected chi connectivity index (χ2v) is 6.79. The van der Waals surface area contributed by atoms with Crippen LogP contribution in [0, 0.1) is 13.8 Å². The normalized spacial score (nSPS) is 17.0. The number of benzene rings is 1. The van der Waals surface area contributed by atoms with Crippen molar-refractivity contribution in [2.24, 2.45) is 0 Å². The zero-order valence-electron chi connectivity index (χ0n) is 15.4. The summed E-state index contributed by atoms with van der Waals surface area (Å²) in [6.07, 6.45) is 1.96. The molecule has 5 heteroatoms. The van der Waals surface area contributed by atoms with Crippen LogP contribution in [0.1, 0.15) is 52.1 Å². The van der Waals surface area contributed by atoms with E-state index in [9.17, 15) is 4.79 Å².